The Labute approximate surface area is 150 Å². The van der Waals surface area contributed by atoms with E-state index in [4.69, 9.17) is 9.47 Å². The van der Waals surface area contributed by atoms with Gasteiger partial charge in [-0.2, -0.15) is 0 Å². The summed E-state index contributed by atoms with van der Waals surface area (Å²) in [5.74, 6) is 2.17. The summed E-state index contributed by atoms with van der Waals surface area (Å²) in [5, 5.41) is 6.47. The predicted octanol–water partition coefficient (Wildman–Crippen LogP) is 3.67. The van der Waals surface area contributed by atoms with Crippen LogP contribution in [0.5, 0.6) is 11.5 Å². The van der Waals surface area contributed by atoms with E-state index in [9.17, 15) is 0 Å². The first-order chi connectivity index (χ1) is 10.2. The molecule has 0 aliphatic heterocycles. The number of nitrogens with one attached hydrogen (secondary N) is 2. The molecular formula is C16H26IN3O2. The number of halogens is 1. The van der Waals surface area contributed by atoms with Gasteiger partial charge in [0.2, 0.25) is 0 Å². The average Bonchev–Trinajstić information content (AvgIpc) is 2.51. The highest BCUT2D eigenvalue weighted by molar-refractivity contribution is 14.0. The van der Waals surface area contributed by atoms with Gasteiger partial charge in [0.15, 0.2) is 17.5 Å². The van der Waals surface area contributed by atoms with Gasteiger partial charge in [0, 0.05) is 25.3 Å². The second kappa shape index (κ2) is 12.1. The second-order valence-corrected chi connectivity index (χ2v) is 4.28. The molecule has 0 saturated heterocycles. The van der Waals surface area contributed by atoms with Gasteiger partial charge in [-0.1, -0.05) is 12.2 Å². The summed E-state index contributed by atoms with van der Waals surface area (Å²) in [6, 6.07) is 5.72. The molecule has 0 aliphatic carbocycles. The Morgan fingerprint density at radius 3 is 2.68 bits per heavy atom. The molecular weight excluding hydrogens is 393 g/mol. The molecule has 6 heteroatoms. The summed E-state index contributed by atoms with van der Waals surface area (Å²) in [4.78, 5) is 4.19. The van der Waals surface area contributed by atoms with Crippen LogP contribution in [0.15, 0.2) is 35.3 Å². The van der Waals surface area contributed by atoms with E-state index in [0.717, 1.165) is 30.4 Å². The molecule has 0 atom stereocenters. The summed E-state index contributed by atoms with van der Waals surface area (Å²) in [7, 11) is 3.38. The number of methoxy groups -OCH3 is 1. The van der Waals surface area contributed by atoms with Gasteiger partial charge in [0.05, 0.1) is 13.7 Å². The molecule has 124 valence electrons. The quantitative estimate of drug-likeness (QED) is 0.233. The average molecular weight is 419 g/mol. The normalized spacial score (nSPS) is 11.0. The molecule has 22 heavy (non-hydrogen) atoms. The third-order valence-electron chi connectivity index (χ3n) is 2.79. The second-order valence-electron chi connectivity index (χ2n) is 4.28. The number of hydrogen-bond acceptors (Lipinski definition) is 3. The first kappa shape index (κ1) is 20.6. The van der Waals surface area contributed by atoms with Crippen molar-refractivity contribution >= 4 is 35.6 Å². The summed E-state index contributed by atoms with van der Waals surface area (Å²) < 4.78 is 10.8. The van der Waals surface area contributed by atoms with Crippen molar-refractivity contribution in [2.24, 2.45) is 4.99 Å². The molecule has 0 amide bonds. The lowest BCUT2D eigenvalue weighted by Gasteiger charge is -2.14. The van der Waals surface area contributed by atoms with E-state index in [1.165, 1.54) is 0 Å². The minimum Gasteiger partial charge on any atom is -0.493 e. The van der Waals surface area contributed by atoms with Gasteiger partial charge in [-0.15, -0.1) is 24.0 Å². The van der Waals surface area contributed by atoms with Gasteiger partial charge < -0.3 is 20.1 Å². The van der Waals surface area contributed by atoms with Crippen LogP contribution in [-0.2, 0) is 0 Å². The molecule has 0 spiro atoms. The van der Waals surface area contributed by atoms with Crippen LogP contribution in [0.3, 0.4) is 0 Å². The van der Waals surface area contributed by atoms with E-state index in [1.807, 2.05) is 38.1 Å². The Morgan fingerprint density at radius 1 is 1.32 bits per heavy atom. The minimum absolute atomic E-state index is 0. The fourth-order valence-corrected chi connectivity index (χ4v) is 1.78. The van der Waals surface area contributed by atoms with E-state index < -0.39 is 0 Å². The summed E-state index contributed by atoms with van der Waals surface area (Å²) in [5.41, 5.74) is 0.898. The van der Waals surface area contributed by atoms with E-state index in [2.05, 4.69) is 21.7 Å². The Morgan fingerprint density at radius 2 is 2.09 bits per heavy atom. The number of guanidine groups is 1. The zero-order valence-electron chi connectivity index (χ0n) is 13.7. The molecule has 1 rings (SSSR count). The number of anilines is 1. The lowest BCUT2D eigenvalue weighted by molar-refractivity contribution is 0.311. The van der Waals surface area contributed by atoms with Crippen molar-refractivity contribution in [2.45, 2.75) is 20.3 Å². The van der Waals surface area contributed by atoms with Crippen molar-refractivity contribution in [1.82, 2.24) is 5.32 Å². The third-order valence-corrected chi connectivity index (χ3v) is 2.79. The number of ether oxygens (including phenoxy) is 2. The van der Waals surface area contributed by atoms with Crippen LogP contribution in [0, 0.1) is 0 Å². The topological polar surface area (TPSA) is 54.9 Å². The lowest BCUT2D eigenvalue weighted by Crippen LogP contribution is -2.31. The zero-order chi connectivity index (χ0) is 15.5. The lowest BCUT2D eigenvalue weighted by atomic mass is 10.2. The van der Waals surface area contributed by atoms with Crippen LogP contribution in [0.2, 0.25) is 0 Å². The molecule has 1 aromatic rings. The Hall–Kier alpha value is -1.44. The third kappa shape index (κ3) is 7.02. The molecule has 0 aromatic heterocycles. The minimum atomic E-state index is 0. The van der Waals surface area contributed by atoms with Gasteiger partial charge in [-0.3, -0.25) is 4.99 Å². The predicted molar refractivity (Wildman–Crippen MR) is 104 cm³/mol. The van der Waals surface area contributed by atoms with E-state index in [-0.39, 0.29) is 24.0 Å². The largest absolute Gasteiger partial charge is 0.493 e. The first-order valence-electron chi connectivity index (χ1n) is 7.14. The molecule has 0 bridgehead atoms. The van der Waals surface area contributed by atoms with Gasteiger partial charge in [-0.25, -0.2) is 0 Å². The monoisotopic (exact) mass is 419 g/mol. The highest BCUT2D eigenvalue weighted by Gasteiger charge is 2.06. The highest BCUT2D eigenvalue weighted by Crippen LogP contribution is 2.30. The van der Waals surface area contributed by atoms with Gasteiger partial charge in [0.1, 0.15) is 0 Å². The van der Waals surface area contributed by atoms with Crippen molar-refractivity contribution in [3.63, 3.8) is 0 Å². The maximum Gasteiger partial charge on any atom is 0.195 e. The van der Waals surface area contributed by atoms with Crippen LogP contribution in [0.1, 0.15) is 20.3 Å². The molecule has 2 N–H and O–H groups in total. The first-order valence-corrected chi connectivity index (χ1v) is 7.14. The fraction of sp³-hybridized carbons (Fsp3) is 0.438. The van der Waals surface area contributed by atoms with Crippen LogP contribution in [0.4, 0.5) is 5.69 Å². The number of benzene rings is 1. The maximum atomic E-state index is 5.50. The van der Waals surface area contributed by atoms with Crippen molar-refractivity contribution < 1.29 is 9.47 Å². The highest BCUT2D eigenvalue weighted by atomic mass is 127. The van der Waals surface area contributed by atoms with Gasteiger partial charge in [0.25, 0.3) is 0 Å². The molecule has 0 aliphatic rings. The van der Waals surface area contributed by atoms with Gasteiger partial charge in [-0.05, 0) is 32.4 Å². The summed E-state index contributed by atoms with van der Waals surface area (Å²) in [6.45, 7) is 5.40. The molecule has 0 radical (unpaired) electrons. The summed E-state index contributed by atoms with van der Waals surface area (Å²) in [6.07, 6.45) is 5.11. The van der Waals surface area contributed by atoms with E-state index in [1.54, 1.807) is 14.2 Å². The molecule has 5 nitrogen and oxygen atoms in total. The molecule has 0 unspecified atom stereocenters. The van der Waals surface area contributed by atoms with Crippen molar-refractivity contribution in [1.29, 1.82) is 0 Å². The Bertz CT molecular complexity index is 490. The number of nitrogens with zero attached hydrogens (tertiary/aromatic N) is 1. The van der Waals surface area contributed by atoms with Crippen molar-refractivity contribution in [2.75, 3.05) is 32.6 Å². The van der Waals surface area contributed by atoms with Crippen LogP contribution < -0.4 is 20.1 Å². The fourth-order valence-electron chi connectivity index (χ4n) is 1.78. The van der Waals surface area contributed by atoms with Crippen LogP contribution in [0.25, 0.3) is 0 Å². The van der Waals surface area contributed by atoms with Crippen LogP contribution >= 0.6 is 24.0 Å². The molecule has 0 saturated carbocycles. The van der Waals surface area contributed by atoms with Gasteiger partial charge >= 0.3 is 0 Å². The zero-order valence-corrected chi connectivity index (χ0v) is 16.0. The molecule has 1 aromatic carbocycles. The number of hydrogen-bond donors (Lipinski definition) is 2. The Balaban J connectivity index is 0.00000441. The molecule has 0 fully saturated rings. The maximum absolute atomic E-state index is 5.50. The summed E-state index contributed by atoms with van der Waals surface area (Å²) >= 11 is 0. The smallest absolute Gasteiger partial charge is 0.195 e. The van der Waals surface area contributed by atoms with E-state index >= 15 is 0 Å². The number of aliphatic imine (C=N–C) groups is 1. The van der Waals surface area contributed by atoms with E-state index in [0.29, 0.717) is 12.4 Å². The Kier molecular flexibility index (Phi) is 11.3. The number of allylic oxidation sites excluding steroid dienone is 1. The SMILES string of the molecule is C/C=C/CCNC(=NC)Nc1ccc(OCC)c(OC)c1.I. The molecule has 0 heterocycles. The van der Waals surface area contributed by atoms with Crippen LogP contribution in [-0.4, -0.2) is 33.3 Å². The number of rotatable bonds is 7. The van der Waals surface area contributed by atoms with Crippen molar-refractivity contribution in [3.8, 4) is 11.5 Å². The van der Waals surface area contributed by atoms with Crippen molar-refractivity contribution in [3.05, 3.63) is 30.4 Å². The standard InChI is InChI=1S/C16H25N3O2.HI/c1-5-7-8-11-18-16(17-3)19-13-9-10-14(21-6-2)15(12-13)20-4;/h5,7,9-10,12H,6,8,11H2,1-4H3,(H2,17,18,19);1H/b7-5+;.